The summed E-state index contributed by atoms with van der Waals surface area (Å²) in [5.41, 5.74) is 9.23. The van der Waals surface area contributed by atoms with Crippen LogP contribution in [0.1, 0.15) is 69.0 Å². The van der Waals surface area contributed by atoms with Crippen molar-refractivity contribution in [1.82, 2.24) is 0 Å². The first-order chi connectivity index (χ1) is 8.26. The van der Waals surface area contributed by atoms with Crippen LogP contribution in [0.3, 0.4) is 0 Å². The van der Waals surface area contributed by atoms with E-state index in [1.165, 1.54) is 43.2 Å². The molecule has 1 unspecified atom stereocenters. The quantitative estimate of drug-likeness (QED) is 0.799. The maximum Gasteiger partial charge on any atom is 0.0323 e. The molecule has 0 heterocycles. The van der Waals surface area contributed by atoms with Gasteiger partial charge in [-0.3, -0.25) is 0 Å². The molecule has 0 bridgehead atoms. The van der Waals surface area contributed by atoms with E-state index >= 15 is 0 Å². The summed E-state index contributed by atoms with van der Waals surface area (Å²) in [6.45, 7) is 4.48. The summed E-state index contributed by atoms with van der Waals surface area (Å²) in [5.74, 6) is 1.43. The Morgan fingerprint density at radius 2 is 1.94 bits per heavy atom. The van der Waals surface area contributed by atoms with Gasteiger partial charge in [0.25, 0.3) is 0 Å². The van der Waals surface area contributed by atoms with Crippen molar-refractivity contribution in [3.8, 4) is 0 Å². The van der Waals surface area contributed by atoms with Gasteiger partial charge < -0.3 is 5.73 Å². The summed E-state index contributed by atoms with van der Waals surface area (Å²) >= 11 is 0. The van der Waals surface area contributed by atoms with Gasteiger partial charge in [0.05, 0.1) is 0 Å². The zero-order valence-corrected chi connectivity index (χ0v) is 11.2. The van der Waals surface area contributed by atoms with Gasteiger partial charge in [-0.1, -0.05) is 57.4 Å². The number of benzene rings is 1. The van der Waals surface area contributed by atoms with Crippen LogP contribution in [-0.2, 0) is 0 Å². The fraction of sp³-hybridized carbons (Fsp3) is 0.625. The summed E-state index contributed by atoms with van der Waals surface area (Å²) in [6.07, 6.45) is 6.47. The van der Waals surface area contributed by atoms with Gasteiger partial charge in [0, 0.05) is 6.04 Å². The predicted molar refractivity (Wildman–Crippen MR) is 74.0 cm³/mol. The average Bonchev–Trinajstić information content (AvgIpc) is 2.28. The number of hydrogen-bond donors (Lipinski definition) is 1. The first-order valence-electron chi connectivity index (χ1n) is 7.11. The van der Waals surface area contributed by atoms with Crippen LogP contribution >= 0.6 is 0 Å². The predicted octanol–water partition coefficient (Wildman–Crippen LogP) is 4.39. The second kappa shape index (κ2) is 5.68. The van der Waals surface area contributed by atoms with Crippen molar-refractivity contribution in [1.29, 1.82) is 0 Å². The van der Waals surface area contributed by atoms with Gasteiger partial charge in [0.2, 0.25) is 0 Å². The summed E-state index contributed by atoms with van der Waals surface area (Å²) in [6, 6.07) is 9.22. The minimum Gasteiger partial charge on any atom is -0.324 e. The highest BCUT2D eigenvalue weighted by Gasteiger charge is 2.21. The van der Waals surface area contributed by atoms with Crippen molar-refractivity contribution < 1.29 is 0 Å². The third-order valence-corrected chi connectivity index (χ3v) is 4.43. The smallest absolute Gasteiger partial charge is 0.0323 e. The van der Waals surface area contributed by atoms with Gasteiger partial charge in [-0.25, -0.2) is 0 Å². The Morgan fingerprint density at radius 3 is 2.47 bits per heavy atom. The molecule has 1 aliphatic rings. The molecule has 0 spiro atoms. The van der Waals surface area contributed by atoms with E-state index in [1.54, 1.807) is 0 Å². The number of rotatable bonds is 5. The normalized spacial score (nSPS) is 18.1. The molecule has 17 heavy (non-hydrogen) atoms. The second-order valence-corrected chi connectivity index (χ2v) is 5.40. The van der Waals surface area contributed by atoms with E-state index in [0.29, 0.717) is 5.92 Å². The summed E-state index contributed by atoms with van der Waals surface area (Å²) in [4.78, 5) is 0. The van der Waals surface area contributed by atoms with Gasteiger partial charge in [0.15, 0.2) is 0 Å². The van der Waals surface area contributed by atoms with Crippen molar-refractivity contribution in [2.75, 3.05) is 0 Å². The van der Waals surface area contributed by atoms with Gasteiger partial charge in [-0.2, -0.15) is 0 Å². The lowest BCUT2D eigenvalue weighted by molar-refractivity contribution is 0.401. The van der Waals surface area contributed by atoms with E-state index in [4.69, 9.17) is 5.73 Å². The molecule has 1 heteroatoms. The Bertz CT molecular complexity index is 350. The first kappa shape index (κ1) is 12.6. The molecule has 1 fully saturated rings. The minimum atomic E-state index is 0.213. The van der Waals surface area contributed by atoms with Gasteiger partial charge in [0.1, 0.15) is 0 Å². The highest BCUT2D eigenvalue weighted by atomic mass is 14.6. The highest BCUT2D eigenvalue weighted by Crippen LogP contribution is 2.37. The Labute approximate surface area is 105 Å². The van der Waals surface area contributed by atoms with E-state index in [-0.39, 0.29) is 6.04 Å². The van der Waals surface area contributed by atoms with Crippen LogP contribution in [0.25, 0.3) is 0 Å². The monoisotopic (exact) mass is 231 g/mol. The largest absolute Gasteiger partial charge is 0.324 e. The molecule has 1 nitrogen and oxygen atoms in total. The molecule has 1 aromatic rings. The molecule has 1 aliphatic carbocycles. The zero-order chi connectivity index (χ0) is 12.3. The molecule has 94 valence electrons. The van der Waals surface area contributed by atoms with Crippen LogP contribution in [0.15, 0.2) is 24.3 Å². The maximum absolute atomic E-state index is 6.39. The molecular formula is C16H25N. The number of nitrogens with two attached hydrogens (primary N) is 1. The fourth-order valence-corrected chi connectivity index (χ4v) is 2.83. The molecule has 0 saturated heterocycles. The molecular weight excluding hydrogens is 206 g/mol. The molecule has 1 saturated carbocycles. The average molecular weight is 231 g/mol. The van der Waals surface area contributed by atoms with E-state index in [0.717, 1.165) is 5.92 Å². The molecule has 2 rings (SSSR count). The molecule has 1 aromatic carbocycles. The van der Waals surface area contributed by atoms with Crippen LogP contribution in [0.2, 0.25) is 0 Å². The lowest BCUT2D eigenvalue weighted by Gasteiger charge is -2.28. The summed E-state index contributed by atoms with van der Waals surface area (Å²) in [7, 11) is 0. The fourth-order valence-electron chi connectivity index (χ4n) is 2.83. The SMILES string of the molecule is CCC(CC)C(N)c1cccc(C2CCC2)c1. The van der Waals surface area contributed by atoms with Crippen molar-refractivity contribution in [2.24, 2.45) is 11.7 Å². The third kappa shape index (κ3) is 2.71. The Morgan fingerprint density at radius 1 is 1.24 bits per heavy atom. The van der Waals surface area contributed by atoms with Crippen molar-refractivity contribution in [2.45, 2.75) is 57.9 Å². The topological polar surface area (TPSA) is 26.0 Å². The lowest BCUT2D eigenvalue weighted by atomic mass is 9.78. The van der Waals surface area contributed by atoms with Crippen LogP contribution in [0, 0.1) is 5.92 Å². The molecule has 1 atom stereocenters. The van der Waals surface area contributed by atoms with Crippen LogP contribution in [-0.4, -0.2) is 0 Å². The molecule has 0 aliphatic heterocycles. The van der Waals surface area contributed by atoms with Crippen molar-refractivity contribution in [3.05, 3.63) is 35.4 Å². The Hall–Kier alpha value is -0.820. The van der Waals surface area contributed by atoms with E-state index in [1.807, 2.05) is 0 Å². The van der Waals surface area contributed by atoms with Crippen LogP contribution < -0.4 is 5.73 Å². The van der Waals surface area contributed by atoms with E-state index < -0.39 is 0 Å². The van der Waals surface area contributed by atoms with E-state index in [2.05, 4.69) is 38.1 Å². The molecule has 2 N–H and O–H groups in total. The third-order valence-electron chi connectivity index (χ3n) is 4.43. The highest BCUT2D eigenvalue weighted by molar-refractivity contribution is 5.29. The van der Waals surface area contributed by atoms with Crippen molar-refractivity contribution in [3.63, 3.8) is 0 Å². The van der Waals surface area contributed by atoms with Gasteiger partial charge >= 0.3 is 0 Å². The Kier molecular flexibility index (Phi) is 4.22. The minimum absolute atomic E-state index is 0.213. The Balaban J connectivity index is 2.14. The lowest BCUT2D eigenvalue weighted by Crippen LogP contribution is -2.21. The molecule has 0 aromatic heterocycles. The standard InChI is InChI=1S/C16H25N/c1-3-12(4-2)16(17)15-10-6-9-14(11-15)13-7-5-8-13/h6,9-13,16H,3-5,7-8,17H2,1-2H3. The van der Waals surface area contributed by atoms with Crippen LogP contribution in [0.5, 0.6) is 0 Å². The maximum atomic E-state index is 6.39. The van der Waals surface area contributed by atoms with Gasteiger partial charge in [-0.05, 0) is 35.8 Å². The first-order valence-corrected chi connectivity index (χ1v) is 7.11. The zero-order valence-electron chi connectivity index (χ0n) is 11.2. The molecule has 0 amide bonds. The van der Waals surface area contributed by atoms with Crippen molar-refractivity contribution >= 4 is 0 Å². The summed E-state index contributed by atoms with van der Waals surface area (Å²) in [5, 5.41) is 0. The van der Waals surface area contributed by atoms with Gasteiger partial charge in [-0.15, -0.1) is 0 Å². The van der Waals surface area contributed by atoms with Crippen LogP contribution in [0.4, 0.5) is 0 Å². The number of hydrogen-bond acceptors (Lipinski definition) is 1. The van der Waals surface area contributed by atoms with E-state index in [9.17, 15) is 0 Å². The molecule has 0 radical (unpaired) electrons. The second-order valence-electron chi connectivity index (χ2n) is 5.40. The summed E-state index contributed by atoms with van der Waals surface area (Å²) < 4.78 is 0.